The van der Waals surface area contributed by atoms with Gasteiger partial charge >= 0.3 is 5.97 Å². The van der Waals surface area contributed by atoms with E-state index in [2.05, 4.69) is 32.6 Å². The van der Waals surface area contributed by atoms with Crippen LogP contribution in [0.15, 0.2) is 66.9 Å². The maximum absolute atomic E-state index is 11.8. The summed E-state index contributed by atoms with van der Waals surface area (Å²) in [5.41, 5.74) is 4.01. The van der Waals surface area contributed by atoms with E-state index >= 15 is 0 Å². The van der Waals surface area contributed by atoms with E-state index in [1.807, 2.05) is 61.5 Å². The van der Waals surface area contributed by atoms with Crippen molar-refractivity contribution >= 4 is 39.5 Å². The number of fused-ring (bicyclic) bond motifs is 1. The molecular formula is C23H17IN2O3. The molecule has 0 bridgehead atoms. The van der Waals surface area contributed by atoms with Crippen molar-refractivity contribution in [1.82, 2.24) is 9.97 Å². The Hall–Kier alpha value is -3.00. The highest BCUT2D eigenvalue weighted by atomic mass is 127. The van der Waals surface area contributed by atoms with Crippen LogP contribution in [-0.4, -0.2) is 27.7 Å². The molecule has 1 N–H and O–H groups in total. The summed E-state index contributed by atoms with van der Waals surface area (Å²) in [4.78, 5) is 20.9. The minimum absolute atomic E-state index is 0.223. The second kappa shape index (κ2) is 8.16. The molecule has 0 spiro atoms. The van der Waals surface area contributed by atoms with Crippen molar-refractivity contribution in [2.45, 2.75) is 6.92 Å². The van der Waals surface area contributed by atoms with Gasteiger partial charge in [0.15, 0.2) is 0 Å². The number of aromatic carboxylic acids is 1. The Morgan fingerprint density at radius 3 is 2.41 bits per heavy atom. The molecule has 0 saturated heterocycles. The Labute approximate surface area is 181 Å². The summed E-state index contributed by atoms with van der Waals surface area (Å²) < 4.78 is 6.44. The molecule has 0 radical (unpaired) electrons. The van der Waals surface area contributed by atoms with Crippen molar-refractivity contribution in [2.24, 2.45) is 0 Å². The van der Waals surface area contributed by atoms with Crippen LogP contribution in [0.5, 0.6) is 5.75 Å². The van der Waals surface area contributed by atoms with Crippen molar-refractivity contribution in [3.8, 4) is 28.3 Å². The van der Waals surface area contributed by atoms with E-state index in [4.69, 9.17) is 4.74 Å². The lowest BCUT2D eigenvalue weighted by Gasteiger charge is -2.08. The highest BCUT2D eigenvalue weighted by Crippen LogP contribution is 2.27. The first-order valence-electron chi connectivity index (χ1n) is 9.08. The van der Waals surface area contributed by atoms with Crippen molar-refractivity contribution in [3.63, 3.8) is 0 Å². The van der Waals surface area contributed by atoms with Crippen LogP contribution in [0, 0.1) is 3.57 Å². The molecule has 0 unspecified atom stereocenters. The smallest absolute Gasteiger partial charge is 0.336 e. The number of rotatable bonds is 5. The van der Waals surface area contributed by atoms with Gasteiger partial charge in [-0.1, -0.05) is 18.2 Å². The Kier molecular flexibility index (Phi) is 5.44. The van der Waals surface area contributed by atoms with Crippen LogP contribution in [0.3, 0.4) is 0 Å². The molecule has 0 aliphatic heterocycles. The maximum atomic E-state index is 11.8. The summed E-state index contributed by atoms with van der Waals surface area (Å²) >= 11 is 2.16. The summed E-state index contributed by atoms with van der Waals surface area (Å²) in [5.74, 6) is -0.149. The molecule has 4 rings (SSSR count). The van der Waals surface area contributed by atoms with Crippen molar-refractivity contribution < 1.29 is 14.6 Å². The van der Waals surface area contributed by atoms with Gasteiger partial charge in [-0.05, 0) is 77.5 Å². The first kappa shape index (κ1) is 19.3. The van der Waals surface area contributed by atoms with Crippen LogP contribution >= 0.6 is 22.6 Å². The largest absolute Gasteiger partial charge is 0.494 e. The number of carboxylic acid groups (broad SMARTS) is 1. The minimum atomic E-state index is -0.980. The lowest BCUT2D eigenvalue weighted by Crippen LogP contribution is -2.01. The molecule has 29 heavy (non-hydrogen) atoms. The van der Waals surface area contributed by atoms with Crippen molar-refractivity contribution in [1.29, 1.82) is 0 Å². The zero-order valence-electron chi connectivity index (χ0n) is 15.6. The van der Waals surface area contributed by atoms with Crippen LogP contribution in [0.1, 0.15) is 17.3 Å². The van der Waals surface area contributed by atoms with Gasteiger partial charge in [0, 0.05) is 20.7 Å². The third-order valence-electron chi connectivity index (χ3n) is 4.53. The number of hydrogen-bond donors (Lipinski definition) is 1. The van der Waals surface area contributed by atoms with Gasteiger partial charge in [0.25, 0.3) is 0 Å². The molecular weight excluding hydrogens is 479 g/mol. The average molecular weight is 496 g/mol. The fourth-order valence-electron chi connectivity index (χ4n) is 3.13. The molecule has 0 saturated carbocycles. The zero-order chi connectivity index (χ0) is 20.4. The van der Waals surface area contributed by atoms with E-state index < -0.39 is 5.97 Å². The normalized spacial score (nSPS) is 10.8. The summed E-state index contributed by atoms with van der Waals surface area (Å²) in [7, 11) is 0. The molecule has 2 aromatic heterocycles. The number of aromatic nitrogens is 2. The van der Waals surface area contributed by atoms with Gasteiger partial charge in [0.05, 0.1) is 29.1 Å². The van der Waals surface area contributed by atoms with Crippen LogP contribution in [0.4, 0.5) is 0 Å². The summed E-state index contributed by atoms with van der Waals surface area (Å²) in [6.45, 7) is 2.58. The second-order valence-electron chi connectivity index (χ2n) is 6.41. The third-order valence-corrected chi connectivity index (χ3v) is 5.20. The molecule has 2 heterocycles. The van der Waals surface area contributed by atoms with E-state index in [1.165, 1.54) is 0 Å². The van der Waals surface area contributed by atoms with Gasteiger partial charge in [0.1, 0.15) is 5.75 Å². The molecule has 0 aliphatic carbocycles. The standard InChI is InChI=1S/C23H17IN2O3/c1-2-29-17-7-3-14(4-8-17)15-5-9-21(25-13-15)22-12-19(23(27)28)18-11-16(24)6-10-20(18)26-22/h3-13H,2H2,1H3,(H,27,28). The monoisotopic (exact) mass is 496 g/mol. The number of ether oxygens (including phenoxy) is 1. The predicted molar refractivity (Wildman–Crippen MR) is 121 cm³/mol. The molecule has 0 fully saturated rings. The summed E-state index contributed by atoms with van der Waals surface area (Å²) in [5, 5.41) is 10.3. The average Bonchev–Trinajstić information content (AvgIpc) is 2.74. The topological polar surface area (TPSA) is 72.3 Å². The van der Waals surface area contributed by atoms with Crippen LogP contribution in [0.25, 0.3) is 33.4 Å². The van der Waals surface area contributed by atoms with Crippen LogP contribution in [-0.2, 0) is 0 Å². The van der Waals surface area contributed by atoms with Crippen molar-refractivity contribution in [3.05, 3.63) is 76.0 Å². The van der Waals surface area contributed by atoms with E-state index in [1.54, 1.807) is 12.3 Å². The Balaban J connectivity index is 1.71. The van der Waals surface area contributed by atoms with Gasteiger partial charge in [-0.25, -0.2) is 9.78 Å². The van der Waals surface area contributed by atoms with Crippen LogP contribution < -0.4 is 4.74 Å². The first-order valence-corrected chi connectivity index (χ1v) is 10.2. The van der Waals surface area contributed by atoms with E-state index in [0.29, 0.717) is 28.9 Å². The molecule has 5 nitrogen and oxygen atoms in total. The fourth-order valence-corrected chi connectivity index (χ4v) is 3.62. The summed E-state index contributed by atoms with van der Waals surface area (Å²) in [6.07, 6.45) is 1.77. The third kappa shape index (κ3) is 4.07. The number of carboxylic acids is 1. The fraction of sp³-hybridized carbons (Fsp3) is 0.0870. The first-order chi connectivity index (χ1) is 14.0. The number of nitrogens with zero attached hydrogens (tertiary/aromatic N) is 2. The molecule has 0 atom stereocenters. The predicted octanol–water partition coefficient (Wildman–Crippen LogP) is 5.67. The van der Waals surface area contributed by atoms with E-state index in [0.717, 1.165) is 20.4 Å². The molecule has 144 valence electrons. The van der Waals surface area contributed by atoms with Crippen LogP contribution in [0.2, 0.25) is 0 Å². The summed E-state index contributed by atoms with van der Waals surface area (Å²) in [6, 6.07) is 18.8. The van der Waals surface area contributed by atoms with Gasteiger partial charge < -0.3 is 9.84 Å². The molecule has 6 heteroatoms. The van der Waals surface area contributed by atoms with Gasteiger partial charge in [-0.3, -0.25) is 4.98 Å². The van der Waals surface area contributed by atoms with Gasteiger partial charge in [0.2, 0.25) is 0 Å². The number of halogens is 1. The van der Waals surface area contributed by atoms with Gasteiger partial charge in [-0.2, -0.15) is 0 Å². The maximum Gasteiger partial charge on any atom is 0.336 e. The van der Waals surface area contributed by atoms with E-state index in [9.17, 15) is 9.90 Å². The van der Waals surface area contributed by atoms with Crippen molar-refractivity contribution in [2.75, 3.05) is 6.61 Å². The molecule has 0 aliphatic rings. The lowest BCUT2D eigenvalue weighted by molar-refractivity contribution is 0.0699. The molecule has 2 aromatic carbocycles. The molecule has 0 amide bonds. The molecule has 4 aromatic rings. The lowest BCUT2D eigenvalue weighted by atomic mass is 10.0. The Morgan fingerprint density at radius 2 is 1.76 bits per heavy atom. The number of hydrogen-bond acceptors (Lipinski definition) is 4. The SMILES string of the molecule is CCOc1ccc(-c2ccc(-c3cc(C(=O)O)c4cc(I)ccc4n3)nc2)cc1. The zero-order valence-corrected chi connectivity index (χ0v) is 17.8. The number of pyridine rings is 2. The quantitative estimate of drug-likeness (QED) is 0.361. The highest BCUT2D eigenvalue weighted by Gasteiger charge is 2.14. The van der Waals surface area contributed by atoms with Gasteiger partial charge in [-0.15, -0.1) is 0 Å². The Bertz CT molecular complexity index is 1190. The highest BCUT2D eigenvalue weighted by molar-refractivity contribution is 14.1. The Morgan fingerprint density at radius 1 is 1.00 bits per heavy atom. The van der Waals surface area contributed by atoms with E-state index in [-0.39, 0.29) is 5.56 Å². The minimum Gasteiger partial charge on any atom is -0.494 e. The second-order valence-corrected chi connectivity index (χ2v) is 7.66. The number of carbonyl (C=O) groups is 1. The number of benzene rings is 2.